The zero-order valence-corrected chi connectivity index (χ0v) is 18.8. The van der Waals surface area contributed by atoms with Crippen LogP contribution in [-0.4, -0.2) is 27.6 Å². The number of benzene rings is 2. The molecule has 0 radical (unpaired) electrons. The maximum atomic E-state index is 12.7. The van der Waals surface area contributed by atoms with Crippen molar-refractivity contribution >= 4 is 21.6 Å². The summed E-state index contributed by atoms with van der Waals surface area (Å²) in [7, 11) is -2.69. The lowest BCUT2D eigenvalue weighted by Crippen LogP contribution is -2.35. The number of hydrogen-bond donors (Lipinski definition) is 2. The van der Waals surface area contributed by atoms with E-state index in [2.05, 4.69) is 11.3 Å². The first-order valence-electron chi connectivity index (χ1n) is 9.91. The molecule has 2 aromatic rings. The van der Waals surface area contributed by atoms with E-state index in [0.717, 1.165) is 41.4 Å². The van der Waals surface area contributed by atoms with Crippen molar-refractivity contribution in [3.63, 3.8) is 0 Å². The van der Waals surface area contributed by atoms with E-state index < -0.39 is 21.9 Å². The van der Waals surface area contributed by atoms with E-state index in [1.807, 2.05) is 6.92 Å². The lowest BCUT2D eigenvalue weighted by Gasteiger charge is -2.23. The van der Waals surface area contributed by atoms with Gasteiger partial charge in [0.2, 0.25) is 0 Å². The van der Waals surface area contributed by atoms with Crippen LogP contribution in [0.1, 0.15) is 31.7 Å². The second-order valence-electron chi connectivity index (χ2n) is 7.74. The highest BCUT2D eigenvalue weighted by atomic mass is 32.2. The summed E-state index contributed by atoms with van der Waals surface area (Å²) in [6, 6.07) is 10.2. The minimum Gasteiger partial charge on any atom is -0.494 e. The van der Waals surface area contributed by atoms with Crippen molar-refractivity contribution in [1.82, 2.24) is 0 Å². The smallest absolute Gasteiger partial charge is 0.416 e. The third-order valence-corrected chi connectivity index (χ3v) is 6.22. The van der Waals surface area contributed by atoms with Gasteiger partial charge in [-0.15, -0.1) is 6.58 Å². The lowest BCUT2D eigenvalue weighted by molar-refractivity contribution is -0.137. The molecule has 1 atom stereocenters. The average Bonchev–Trinajstić information content (AvgIpc) is 2.70. The molecular weight excluding hydrogens is 443 g/mol. The second kappa shape index (κ2) is 10.3. The Kier molecular flexibility index (Phi) is 8.19. The molecule has 0 aliphatic heterocycles. The Morgan fingerprint density at radius 3 is 2.25 bits per heavy atom. The van der Waals surface area contributed by atoms with Crippen molar-refractivity contribution in [2.24, 2.45) is 5.73 Å². The number of nitrogens with two attached hydrogens (primary N) is 1. The summed E-state index contributed by atoms with van der Waals surface area (Å²) >= 11 is 0. The van der Waals surface area contributed by atoms with Crippen LogP contribution in [0.5, 0.6) is 5.75 Å². The van der Waals surface area contributed by atoms with Crippen LogP contribution in [0.25, 0.3) is 0 Å². The molecule has 32 heavy (non-hydrogen) atoms. The van der Waals surface area contributed by atoms with Crippen molar-refractivity contribution in [2.45, 2.75) is 37.9 Å². The second-order valence-corrected chi connectivity index (χ2v) is 9.44. The van der Waals surface area contributed by atoms with Crippen molar-refractivity contribution in [1.29, 1.82) is 0 Å². The quantitative estimate of drug-likeness (QED) is 0.359. The number of halogens is 3. The summed E-state index contributed by atoms with van der Waals surface area (Å²) in [5.41, 5.74) is 5.33. The molecule has 176 valence electrons. The van der Waals surface area contributed by atoms with E-state index >= 15 is 0 Å². The number of anilines is 2. The number of hydrogen-bond acceptors (Lipinski definition) is 4. The van der Waals surface area contributed by atoms with Gasteiger partial charge in [-0.2, -0.15) is 21.6 Å². The third kappa shape index (κ3) is 7.45. The van der Waals surface area contributed by atoms with Crippen LogP contribution in [0, 0.1) is 0 Å². The highest BCUT2D eigenvalue weighted by Gasteiger charge is 2.30. The SMILES string of the molecule is C=CCC(C)(N)CCCOc1ccc(N(C)S(=O)(=O)Nc2ccc(C(F)(F)F)cc2)cc1. The van der Waals surface area contributed by atoms with E-state index in [-0.39, 0.29) is 11.2 Å². The van der Waals surface area contributed by atoms with Gasteiger partial charge in [-0.1, -0.05) is 6.08 Å². The van der Waals surface area contributed by atoms with E-state index in [9.17, 15) is 21.6 Å². The van der Waals surface area contributed by atoms with Gasteiger partial charge >= 0.3 is 16.4 Å². The summed E-state index contributed by atoms with van der Waals surface area (Å²) in [6.07, 6.45) is -0.464. The lowest BCUT2D eigenvalue weighted by atomic mass is 9.93. The molecule has 3 N–H and O–H groups in total. The van der Waals surface area contributed by atoms with Crippen molar-refractivity contribution in [3.05, 3.63) is 66.7 Å². The minimum absolute atomic E-state index is 0.0214. The Morgan fingerprint density at radius 1 is 1.12 bits per heavy atom. The van der Waals surface area contributed by atoms with Gasteiger partial charge in [0, 0.05) is 12.6 Å². The highest BCUT2D eigenvalue weighted by Crippen LogP contribution is 2.30. The summed E-state index contributed by atoms with van der Waals surface area (Å²) in [5, 5.41) is 0. The minimum atomic E-state index is -4.49. The van der Waals surface area contributed by atoms with Crippen LogP contribution >= 0.6 is 0 Å². The predicted octanol–water partition coefficient (Wildman–Crippen LogP) is 4.95. The molecule has 0 saturated heterocycles. The molecule has 0 bridgehead atoms. The monoisotopic (exact) mass is 471 g/mol. The summed E-state index contributed by atoms with van der Waals surface area (Å²) < 4.78 is 72.0. The molecular formula is C22H28F3N3O3S. The molecule has 0 spiro atoms. The van der Waals surface area contributed by atoms with Crippen LogP contribution in [0.3, 0.4) is 0 Å². The Balaban J connectivity index is 1.94. The zero-order valence-electron chi connectivity index (χ0n) is 18.0. The highest BCUT2D eigenvalue weighted by molar-refractivity contribution is 7.94. The molecule has 0 heterocycles. The molecule has 0 saturated carbocycles. The van der Waals surface area contributed by atoms with Crippen molar-refractivity contribution < 1.29 is 26.3 Å². The standard InChI is InChI=1S/C22H28F3N3O3S/c1-4-14-21(2,26)15-5-16-31-20-12-10-19(11-13-20)28(3)32(29,30)27-18-8-6-17(7-9-18)22(23,24)25/h4,6-13,27H,1,5,14-16,26H2,2-3H3. The molecule has 10 heteroatoms. The Hall–Kier alpha value is -2.72. The molecule has 0 aliphatic carbocycles. The molecule has 0 fully saturated rings. The first-order chi connectivity index (χ1) is 14.8. The number of nitrogens with zero attached hydrogens (tertiary/aromatic N) is 1. The fraction of sp³-hybridized carbons (Fsp3) is 0.364. The fourth-order valence-corrected chi connectivity index (χ4v) is 3.90. The van der Waals surface area contributed by atoms with Gasteiger partial charge in [-0.25, -0.2) is 0 Å². The first kappa shape index (κ1) is 25.5. The topological polar surface area (TPSA) is 84.7 Å². The van der Waals surface area contributed by atoms with Crippen LogP contribution < -0.4 is 19.5 Å². The third-order valence-electron chi connectivity index (χ3n) is 4.79. The number of nitrogens with one attached hydrogen (secondary N) is 1. The van der Waals surface area contributed by atoms with Gasteiger partial charge in [0.25, 0.3) is 0 Å². The van der Waals surface area contributed by atoms with Crippen LogP contribution in [0.2, 0.25) is 0 Å². The van der Waals surface area contributed by atoms with E-state index in [1.54, 1.807) is 30.3 Å². The van der Waals surface area contributed by atoms with E-state index in [0.29, 0.717) is 24.5 Å². The van der Waals surface area contributed by atoms with Gasteiger partial charge in [0.1, 0.15) is 5.75 Å². The van der Waals surface area contributed by atoms with Crippen molar-refractivity contribution in [2.75, 3.05) is 22.7 Å². The summed E-state index contributed by atoms with van der Waals surface area (Å²) in [6.45, 7) is 6.12. The molecule has 0 aromatic heterocycles. The maximum Gasteiger partial charge on any atom is 0.416 e. The number of rotatable bonds is 11. The Bertz CT molecular complexity index is 990. The molecule has 2 rings (SSSR count). The fourth-order valence-electron chi connectivity index (χ4n) is 2.93. The van der Waals surface area contributed by atoms with Gasteiger partial charge in [0.05, 0.1) is 23.5 Å². The van der Waals surface area contributed by atoms with Gasteiger partial charge in [0.15, 0.2) is 0 Å². The number of ether oxygens (including phenoxy) is 1. The summed E-state index contributed by atoms with van der Waals surface area (Å²) in [5.74, 6) is 0.581. The maximum absolute atomic E-state index is 12.7. The van der Waals surface area contributed by atoms with Gasteiger partial charge < -0.3 is 10.5 Å². The normalized spacial score (nSPS) is 13.8. The van der Waals surface area contributed by atoms with Crippen LogP contribution in [0.4, 0.5) is 24.5 Å². The zero-order chi connectivity index (χ0) is 24.0. The molecule has 1 unspecified atom stereocenters. The number of alkyl halides is 3. The molecule has 2 aromatic carbocycles. The van der Waals surface area contributed by atoms with Gasteiger partial charge in [-0.3, -0.25) is 9.03 Å². The molecule has 0 amide bonds. The van der Waals surface area contributed by atoms with E-state index in [1.165, 1.54) is 7.05 Å². The first-order valence-corrected chi connectivity index (χ1v) is 11.3. The Labute approximate surface area is 187 Å². The molecule has 6 nitrogen and oxygen atoms in total. The van der Waals surface area contributed by atoms with E-state index in [4.69, 9.17) is 10.5 Å². The van der Waals surface area contributed by atoms with Crippen LogP contribution in [0.15, 0.2) is 61.2 Å². The molecule has 0 aliphatic rings. The summed E-state index contributed by atoms with van der Waals surface area (Å²) in [4.78, 5) is 0. The van der Waals surface area contributed by atoms with Crippen LogP contribution in [-0.2, 0) is 16.4 Å². The average molecular weight is 472 g/mol. The van der Waals surface area contributed by atoms with Gasteiger partial charge in [-0.05, 0) is 74.7 Å². The Morgan fingerprint density at radius 2 is 1.72 bits per heavy atom. The largest absolute Gasteiger partial charge is 0.494 e. The predicted molar refractivity (Wildman–Crippen MR) is 121 cm³/mol. The van der Waals surface area contributed by atoms with Crippen molar-refractivity contribution in [3.8, 4) is 5.75 Å².